The van der Waals surface area contributed by atoms with Gasteiger partial charge in [-0.2, -0.15) is 5.10 Å². The second kappa shape index (κ2) is 8.99. The summed E-state index contributed by atoms with van der Waals surface area (Å²) in [6.07, 6.45) is 3.92. The van der Waals surface area contributed by atoms with E-state index in [4.69, 9.17) is 21.7 Å². The van der Waals surface area contributed by atoms with E-state index in [0.29, 0.717) is 24.2 Å². The minimum absolute atomic E-state index is 0.0681. The molecular formula is C18H27N3O2S. The Balaban J connectivity index is 1.70. The number of rotatable bonds is 6. The Morgan fingerprint density at radius 3 is 2.83 bits per heavy atom. The van der Waals surface area contributed by atoms with Crippen LogP contribution in [0.3, 0.4) is 0 Å². The maximum absolute atomic E-state index is 5.71. The van der Waals surface area contributed by atoms with Crippen LogP contribution in [0.2, 0.25) is 0 Å². The van der Waals surface area contributed by atoms with Crippen molar-refractivity contribution in [2.75, 3.05) is 13.2 Å². The lowest BCUT2D eigenvalue weighted by atomic mass is 9.89. The smallest absolute Gasteiger partial charge is 0.187 e. The highest BCUT2D eigenvalue weighted by Crippen LogP contribution is 2.27. The zero-order valence-electron chi connectivity index (χ0n) is 14.7. The Labute approximate surface area is 149 Å². The first-order chi connectivity index (χ1) is 11.5. The molecular weight excluding hydrogens is 322 g/mol. The van der Waals surface area contributed by atoms with Gasteiger partial charge in [0.05, 0.1) is 12.2 Å². The summed E-state index contributed by atoms with van der Waals surface area (Å²) >= 11 is 5.25. The largest absolute Gasteiger partial charge is 0.494 e. The third kappa shape index (κ3) is 6.45. The van der Waals surface area contributed by atoms with Crippen LogP contribution < -0.4 is 15.5 Å². The fourth-order valence-electron chi connectivity index (χ4n) is 2.70. The zero-order valence-corrected chi connectivity index (χ0v) is 15.5. The zero-order chi connectivity index (χ0) is 17.4. The number of hydrogen-bond donors (Lipinski definition) is 2. The summed E-state index contributed by atoms with van der Waals surface area (Å²) in [6.45, 7) is 8.31. The van der Waals surface area contributed by atoms with Gasteiger partial charge in [0.2, 0.25) is 0 Å². The van der Waals surface area contributed by atoms with Crippen LogP contribution in [0.5, 0.6) is 5.75 Å². The SMILES string of the molecule is CCOc1ccc(CNC(=S)N/N=C\[C@@H]2CCOC(C)(C)C2)cc1. The van der Waals surface area contributed by atoms with E-state index in [2.05, 4.69) is 29.7 Å². The molecule has 1 atom stereocenters. The van der Waals surface area contributed by atoms with E-state index >= 15 is 0 Å². The van der Waals surface area contributed by atoms with E-state index in [0.717, 1.165) is 30.8 Å². The van der Waals surface area contributed by atoms with Crippen molar-refractivity contribution in [3.63, 3.8) is 0 Å². The average molecular weight is 350 g/mol. The van der Waals surface area contributed by atoms with Gasteiger partial charge >= 0.3 is 0 Å². The number of hydrazone groups is 1. The monoisotopic (exact) mass is 349 g/mol. The molecule has 5 nitrogen and oxygen atoms in total. The van der Waals surface area contributed by atoms with Crippen LogP contribution >= 0.6 is 12.2 Å². The highest BCUT2D eigenvalue weighted by Gasteiger charge is 2.27. The van der Waals surface area contributed by atoms with Crippen LogP contribution in [-0.2, 0) is 11.3 Å². The second-order valence-corrected chi connectivity index (χ2v) is 6.92. The van der Waals surface area contributed by atoms with Crippen molar-refractivity contribution in [1.29, 1.82) is 0 Å². The molecule has 0 aliphatic carbocycles. The lowest BCUT2D eigenvalue weighted by Gasteiger charge is -2.33. The first kappa shape index (κ1) is 18.7. The molecule has 132 valence electrons. The molecule has 1 aromatic carbocycles. The number of hydrogen-bond acceptors (Lipinski definition) is 4. The van der Waals surface area contributed by atoms with Crippen LogP contribution in [0, 0.1) is 5.92 Å². The van der Waals surface area contributed by atoms with Crippen LogP contribution in [0.25, 0.3) is 0 Å². The summed E-state index contributed by atoms with van der Waals surface area (Å²) in [5.41, 5.74) is 3.95. The molecule has 0 radical (unpaired) electrons. The molecule has 1 heterocycles. The number of thiocarbonyl (C=S) groups is 1. The van der Waals surface area contributed by atoms with Gasteiger partial charge in [0.25, 0.3) is 0 Å². The minimum atomic E-state index is -0.0681. The third-order valence-electron chi connectivity index (χ3n) is 3.87. The first-order valence-corrected chi connectivity index (χ1v) is 8.82. The number of nitrogens with one attached hydrogen (secondary N) is 2. The van der Waals surface area contributed by atoms with Gasteiger partial charge in [-0.1, -0.05) is 12.1 Å². The molecule has 2 N–H and O–H groups in total. The van der Waals surface area contributed by atoms with Gasteiger partial charge in [-0.15, -0.1) is 0 Å². The van der Waals surface area contributed by atoms with Gasteiger partial charge in [-0.25, -0.2) is 0 Å². The van der Waals surface area contributed by atoms with Crippen LogP contribution in [0.15, 0.2) is 29.4 Å². The van der Waals surface area contributed by atoms with Crippen molar-refractivity contribution in [2.45, 2.75) is 45.8 Å². The molecule has 6 heteroatoms. The summed E-state index contributed by atoms with van der Waals surface area (Å²) in [7, 11) is 0. The van der Waals surface area contributed by atoms with Crippen molar-refractivity contribution < 1.29 is 9.47 Å². The molecule has 1 aliphatic rings. The van der Waals surface area contributed by atoms with Crippen LogP contribution in [0.4, 0.5) is 0 Å². The fraction of sp³-hybridized carbons (Fsp3) is 0.556. The van der Waals surface area contributed by atoms with E-state index < -0.39 is 0 Å². The molecule has 2 rings (SSSR count). The fourth-order valence-corrected chi connectivity index (χ4v) is 2.82. The van der Waals surface area contributed by atoms with E-state index in [9.17, 15) is 0 Å². The van der Waals surface area contributed by atoms with Crippen molar-refractivity contribution in [3.8, 4) is 5.75 Å². The van der Waals surface area contributed by atoms with E-state index in [-0.39, 0.29) is 5.60 Å². The number of ether oxygens (including phenoxy) is 2. The Hall–Kier alpha value is -1.66. The Bertz CT molecular complexity index is 558. The normalized spacial score (nSPS) is 19.9. The molecule has 24 heavy (non-hydrogen) atoms. The summed E-state index contributed by atoms with van der Waals surface area (Å²) in [6, 6.07) is 7.96. The number of benzene rings is 1. The van der Waals surface area contributed by atoms with E-state index in [1.54, 1.807) is 0 Å². The van der Waals surface area contributed by atoms with Gasteiger partial charge in [-0.3, -0.25) is 5.43 Å². The Morgan fingerprint density at radius 1 is 1.42 bits per heavy atom. The standard InChI is InChI=1S/C18H27N3O2S/c1-4-22-16-7-5-14(6-8-16)12-19-17(24)21-20-13-15-9-10-23-18(2,3)11-15/h5-8,13,15H,4,9-12H2,1-3H3,(H2,19,21,24)/b20-13-/t15-/m1/s1. The van der Waals surface area contributed by atoms with Crippen LogP contribution in [-0.4, -0.2) is 30.1 Å². The molecule has 0 unspecified atom stereocenters. The van der Waals surface area contributed by atoms with Gasteiger partial charge in [0, 0.05) is 25.3 Å². The molecule has 0 spiro atoms. The van der Waals surface area contributed by atoms with Gasteiger partial charge in [0.1, 0.15) is 5.75 Å². The van der Waals surface area contributed by atoms with E-state index in [1.165, 1.54) is 0 Å². The van der Waals surface area contributed by atoms with Crippen LogP contribution in [0.1, 0.15) is 39.2 Å². The lowest BCUT2D eigenvalue weighted by Crippen LogP contribution is -2.35. The maximum atomic E-state index is 5.71. The van der Waals surface area contributed by atoms with Gasteiger partial charge in [-0.05, 0) is 63.5 Å². The predicted octanol–water partition coefficient (Wildman–Crippen LogP) is 3.24. The summed E-state index contributed by atoms with van der Waals surface area (Å²) < 4.78 is 11.1. The van der Waals surface area contributed by atoms with Gasteiger partial charge in [0.15, 0.2) is 5.11 Å². The van der Waals surface area contributed by atoms with Crippen molar-refractivity contribution in [3.05, 3.63) is 29.8 Å². The minimum Gasteiger partial charge on any atom is -0.494 e. The third-order valence-corrected chi connectivity index (χ3v) is 4.11. The highest BCUT2D eigenvalue weighted by atomic mass is 32.1. The number of nitrogens with zero attached hydrogens (tertiary/aromatic N) is 1. The molecule has 0 bridgehead atoms. The molecule has 1 aromatic rings. The quantitative estimate of drug-likeness (QED) is 0.469. The lowest BCUT2D eigenvalue weighted by molar-refractivity contribution is -0.0608. The highest BCUT2D eigenvalue weighted by molar-refractivity contribution is 7.80. The maximum Gasteiger partial charge on any atom is 0.187 e. The average Bonchev–Trinajstić information content (AvgIpc) is 2.54. The first-order valence-electron chi connectivity index (χ1n) is 8.41. The molecule has 0 aromatic heterocycles. The summed E-state index contributed by atoms with van der Waals surface area (Å²) in [4.78, 5) is 0. The molecule has 0 amide bonds. The second-order valence-electron chi connectivity index (χ2n) is 6.51. The molecule has 1 aliphatic heterocycles. The predicted molar refractivity (Wildman–Crippen MR) is 101 cm³/mol. The van der Waals surface area contributed by atoms with E-state index in [1.807, 2.05) is 37.4 Å². The Kier molecular flexibility index (Phi) is 6.99. The van der Waals surface area contributed by atoms with Crippen molar-refractivity contribution in [2.24, 2.45) is 11.0 Å². The van der Waals surface area contributed by atoms with Crippen molar-refractivity contribution in [1.82, 2.24) is 10.7 Å². The topological polar surface area (TPSA) is 54.9 Å². The molecule has 1 fully saturated rings. The molecule has 1 saturated heterocycles. The van der Waals surface area contributed by atoms with Gasteiger partial charge < -0.3 is 14.8 Å². The summed E-state index contributed by atoms with van der Waals surface area (Å²) in [5, 5.41) is 7.92. The Morgan fingerprint density at radius 2 is 2.17 bits per heavy atom. The summed E-state index contributed by atoms with van der Waals surface area (Å²) in [5.74, 6) is 1.31. The van der Waals surface area contributed by atoms with Crippen molar-refractivity contribution >= 4 is 23.5 Å². The molecule has 0 saturated carbocycles.